The molecule has 0 atom stereocenters. The van der Waals surface area contributed by atoms with E-state index in [2.05, 4.69) is 25.5 Å². The van der Waals surface area contributed by atoms with Gasteiger partial charge >= 0.3 is 0 Å². The number of aryl methyl sites for hydroxylation is 1. The zero-order valence-electron chi connectivity index (χ0n) is 14.9. The lowest BCUT2D eigenvalue weighted by molar-refractivity contribution is -0.118. The van der Waals surface area contributed by atoms with Crippen molar-refractivity contribution in [1.82, 2.24) is 14.5 Å². The molecule has 3 heterocycles. The van der Waals surface area contributed by atoms with Gasteiger partial charge in [0.1, 0.15) is 5.52 Å². The van der Waals surface area contributed by atoms with E-state index in [-0.39, 0.29) is 12.7 Å². The number of aromatic nitrogens is 3. The smallest absolute Gasteiger partial charge is 0.231 e. The van der Waals surface area contributed by atoms with Crippen LogP contribution >= 0.6 is 27.7 Å². The summed E-state index contributed by atoms with van der Waals surface area (Å²) in [6.07, 6.45) is 3.55. The number of amides is 1. The van der Waals surface area contributed by atoms with Crippen LogP contribution in [0, 0.1) is 0 Å². The largest absolute Gasteiger partial charge is 0.454 e. The number of halogens is 1. The first-order chi connectivity index (χ1) is 13.5. The molecule has 0 saturated heterocycles. The molecule has 0 unspecified atom stereocenters. The Morgan fingerprint density at radius 3 is 2.86 bits per heavy atom. The fourth-order valence-electron chi connectivity index (χ4n) is 2.99. The number of hydrogen-bond donors (Lipinski definition) is 2. The predicted octanol–water partition coefficient (Wildman–Crippen LogP) is 3.31. The number of carbonyl (C=O) groups excluding carboxylic acids is 1. The molecule has 0 fully saturated rings. The third kappa shape index (κ3) is 3.74. The minimum Gasteiger partial charge on any atom is -0.454 e. The molecule has 28 heavy (non-hydrogen) atoms. The van der Waals surface area contributed by atoms with E-state index < -0.39 is 0 Å². The maximum atomic E-state index is 11.0. The fourth-order valence-corrected chi connectivity index (χ4v) is 4.51. The van der Waals surface area contributed by atoms with Crippen molar-refractivity contribution in [3.8, 4) is 11.5 Å². The number of anilines is 1. The van der Waals surface area contributed by atoms with E-state index in [4.69, 9.17) is 25.9 Å². The van der Waals surface area contributed by atoms with E-state index in [0.717, 1.165) is 26.5 Å². The Balaban J connectivity index is 1.67. The summed E-state index contributed by atoms with van der Waals surface area (Å²) in [6.45, 7) is 0.911. The Kier molecular flexibility index (Phi) is 5.31. The van der Waals surface area contributed by atoms with Gasteiger partial charge in [0.25, 0.3) is 0 Å². The summed E-state index contributed by atoms with van der Waals surface area (Å²) in [7, 11) is 0. The molecular formula is C18H18BrN5O3S. The number of carbonyl (C=O) groups is 1. The number of unbranched alkanes of at least 4 members (excludes halogenated alkanes) is 1. The molecule has 0 spiro atoms. The van der Waals surface area contributed by atoms with Gasteiger partial charge in [-0.15, -0.1) is 0 Å². The monoisotopic (exact) mass is 463 g/mol. The summed E-state index contributed by atoms with van der Waals surface area (Å²) in [5.41, 5.74) is 12.8. The zero-order valence-corrected chi connectivity index (χ0v) is 17.3. The van der Waals surface area contributed by atoms with E-state index in [0.29, 0.717) is 42.2 Å². The molecule has 1 amide bonds. The summed E-state index contributed by atoms with van der Waals surface area (Å²) < 4.78 is 13.9. The average Bonchev–Trinajstić information content (AvgIpc) is 3.24. The highest BCUT2D eigenvalue weighted by molar-refractivity contribution is 9.10. The lowest BCUT2D eigenvalue weighted by atomic mass is 10.2. The van der Waals surface area contributed by atoms with Gasteiger partial charge in [0.2, 0.25) is 12.7 Å². The number of primary amides is 1. The first-order valence-corrected chi connectivity index (χ1v) is 10.3. The molecule has 4 rings (SSSR count). The Bertz CT molecular complexity index is 1060. The minimum atomic E-state index is -0.289. The molecule has 4 N–H and O–H groups in total. The van der Waals surface area contributed by atoms with E-state index in [1.54, 1.807) is 6.20 Å². The molecular weight excluding hydrogens is 446 g/mol. The molecule has 2 aromatic heterocycles. The van der Waals surface area contributed by atoms with Gasteiger partial charge in [-0.3, -0.25) is 4.79 Å². The summed E-state index contributed by atoms with van der Waals surface area (Å²) in [5, 5.41) is 0.786. The van der Waals surface area contributed by atoms with Crippen molar-refractivity contribution in [3.63, 3.8) is 0 Å². The van der Waals surface area contributed by atoms with Gasteiger partial charge in [-0.1, -0.05) is 11.8 Å². The quantitative estimate of drug-likeness (QED) is 0.515. The Hall–Kier alpha value is -2.46. The van der Waals surface area contributed by atoms with Crippen LogP contribution < -0.4 is 20.9 Å². The Labute approximate surface area is 173 Å². The van der Waals surface area contributed by atoms with E-state index in [1.165, 1.54) is 11.8 Å². The number of hydrogen-bond acceptors (Lipinski definition) is 7. The topological polar surface area (TPSA) is 118 Å². The second kappa shape index (κ2) is 7.88. The number of ether oxygens (including phenoxy) is 2. The van der Waals surface area contributed by atoms with Crippen molar-refractivity contribution < 1.29 is 14.3 Å². The van der Waals surface area contributed by atoms with Gasteiger partial charge in [-0.25, -0.2) is 9.97 Å². The molecule has 146 valence electrons. The van der Waals surface area contributed by atoms with Crippen LogP contribution in [0.1, 0.15) is 19.3 Å². The minimum absolute atomic E-state index is 0.219. The maximum absolute atomic E-state index is 11.0. The van der Waals surface area contributed by atoms with Gasteiger partial charge in [0.05, 0.1) is 5.52 Å². The highest BCUT2D eigenvalue weighted by Gasteiger charge is 2.20. The molecule has 3 aromatic rings. The first kappa shape index (κ1) is 18.9. The third-order valence-corrected chi connectivity index (χ3v) is 6.31. The van der Waals surface area contributed by atoms with E-state index in [1.807, 2.05) is 18.2 Å². The van der Waals surface area contributed by atoms with E-state index >= 15 is 0 Å². The van der Waals surface area contributed by atoms with Gasteiger partial charge in [-0.2, -0.15) is 0 Å². The van der Waals surface area contributed by atoms with Crippen LogP contribution in [0.5, 0.6) is 11.5 Å². The van der Waals surface area contributed by atoms with Crippen LogP contribution in [0.15, 0.2) is 38.9 Å². The number of fused-ring (bicyclic) bond motifs is 2. The molecule has 1 aromatic carbocycles. The summed E-state index contributed by atoms with van der Waals surface area (Å²) in [5.74, 6) is 1.52. The van der Waals surface area contributed by atoms with Gasteiger partial charge in [-0.05, 0) is 47.0 Å². The maximum Gasteiger partial charge on any atom is 0.231 e. The van der Waals surface area contributed by atoms with Crippen molar-refractivity contribution in [2.75, 3.05) is 12.5 Å². The van der Waals surface area contributed by atoms with Crippen LogP contribution in [0.3, 0.4) is 0 Å². The molecule has 1 aliphatic heterocycles. The lowest BCUT2D eigenvalue weighted by Crippen LogP contribution is -2.10. The fraction of sp³-hybridized carbons (Fsp3) is 0.278. The summed E-state index contributed by atoms with van der Waals surface area (Å²) >= 11 is 5.09. The molecule has 0 aliphatic carbocycles. The van der Waals surface area contributed by atoms with Gasteiger partial charge < -0.3 is 25.5 Å². The van der Waals surface area contributed by atoms with Crippen LogP contribution in [-0.2, 0) is 11.3 Å². The standard InChI is InChI=1S/C18H18BrN5O3S/c19-10-7-12-13(27-9-26-12)8-14(10)28-18-23-16-11(4-5-22-17(16)21)24(18)6-2-1-3-15(20)25/h4-5,7-8H,1-3,6,9H2,(H2,20,25)(H2,21,22). The summed E-state index contributed by atoms with van der Waals surface area (Å²) in [4.78, 5) is 20.8. The number of pyridine rings is 1. The Morgan fingerprint density at radius 1 is 1.29 bits per heavy atom. The number of imidazole rings is 1. The van der Waals surface area contributed by atoms with Crippen LogP contribution in [0.2, 0.25) is 0 Å². The second-order valence-electron chi connectivity index (χ2n) is 6.27. The second-order valence-corrected chi connectivity index (χ2v) is 8.13. The number of rotatable bonds is 7. The van der Waals surface area contributed by atoms with Crippen molar-refractivity contribution >= 4 is 50.5 Å². The van der Waals surface area contributed by atoms with Crippen molar-refractivity contribution in [2.24, 2.45) is 5.73 Å². The molecule has 10 heteroatoms. The van der Waals surface area contributed by atoms with Crippen molar-refractivity contribution in [2.45, 2.75) is 35.9 Å². The van der Waals surface area contributed by atoms with Crippen molar-refractivity contribution in [3.05, 3.63) is 28.9 Å². The highest BCUT2D eigenvalue weighted by Crippen LogP contribution is 2.43. The summed E-state index contributed by atoms with van der Waals surface area (Å²) in [6, 6.07) is 5.71. The van der Waals surface area contributed by atoms with Gasteiger partial charge in [0.15, 0.2) is 22.5 Å². The molecule has 0 bridgehead atoms. The average molecular weight is 464 g/mol. The SMILES string of the molecule is NC(=O)CCCCn1c(Sc2cc3c(cc2Br)OCO3)nc2c(N)nccc21. The van der Waals surface area contributed by atoms with Crippen LogP contribution in [-0.4, -0.2) is 27.2 Å². The van der Waals surface area contributed by atoms with Crippen LogP contribution in [0.4, 0.5) is 5.82 Å². The lowest BCUT2D eigenvalue weighted by Gasteiger charge is -2.10. The van der Waals surface area contributed by atoms with Crippen LogP contribution in [0.25, 0.3) is 11.0 Å². The third-order valence-electron chi connectivity index (χ3n) is 4.34. The highest BCUT2D eigenvalue weighted by atomic mass is 79.9. The first-order valence-electron chi connectivity index (χ1n) is 8.69. The van der Waals surface area contributed by atoms with Gasteiger partial charge in [0, 0.05) is 28.5 Å². The molecule has 0 saturated carbocycles. The normalized spacial score (nSPS) is 12.6. The number of nitrogens with two attached hydrogens (primary N) is 2. The molecule has 0 radical (unpaired) electrons. The predicted molar refractivity (Wildman–Crippen MR) is 109 cm³/mol. The Morgan fingerprint density at radius 2 is 2.07 bits per heavy atom. The number of benzene rings is 1. The van der Waals surface area contributed by atoms with Crippen molar-refractivity contribution in [1.29, 1.82) is 0 Å². The molecule has 8 nitrogen and oxygen atoms in total. The van der Waals surface area contributed by atoms with E-state index in [9.17, 15) is 4.79 Å². The number of nitrogen functional groups attached to an aromatic ring is 1. The zero-order chi connectivity index (χ0) is 19.7. The number of nitrogens with zero attached hydrogens (tertiary/aromatic N) is 3. The molecule has 1 aliphatic rings.